The second kappa shape index (κ2) is 7.00. The average Bonchev–Trinajstić information content (AvgIpc) is 2.95. The van der Waals surface area contributed by atoms with Crippen LogP contribution in [0.1, 0.15) is 59.5 Å². The number of amides is 1. The molecule has 1 saturated heterocycles. The molecule has 1 aromatic heterocycles. The van der Waals surface area contributed by atoms with Crippen molar-refractivity contribution in [3.63, 3.8) is 0 Å². The van der Waals surface area contributed by atoms with Crippen molar-refractivity contribution in [3.05, 3.63) is 46.8 Å². The lowest BCUT2D eigenvalue weighted by Gasteiger charge is -2.44. The van der Waals surface area contributed by atoms with E-state index < -0.39 is 0 Å². The van der Waals surface area contributed by atoms with Crippen LogP contribution in [-0.4, -0.2) is 34.5 Å². The molecule has 27 heavy (non-hydrogen) atoms. The fourth-order valence-electron chi connectivity index (χ4n) is 4.36. The van der Waals surface area contributed by atoms with Crippen LogP contribution < -0.4 is 10.1 Å². The maximum absolute atomic E-state index is 13.1. The summed E-state index contributed by atoms with van der Waals surface area (Å²) < 4.78 is 13.8. The minimum absolute atomic E-state index is 0.0615. The van der Waals surface area contributed by atoms with E-state index in [0.29, 0.717) is 18.8 Å². The molecule has 0 bridgehead atoms. The summed E-state index contributed by atoms with van der Waals surface area (Å²) in [4.78, 5) is 13.1. The minimum Gasteiger partial charge on any atom is -0.487 e. The zero-order chi connectivity index (χ0) is 19.0. The molecule has 6 heteroatoms. The molecule has 2 aliphatic rings. The third kappa shape index (κ3) is 3.23. The van der Waals surface area contributed by atoms with Gasteiger partial charge in [-0.3, -0.25) is 9.48 Å². The van der Waals surface area contributed by atoms with Gasteiger partial charge in [0.2, 0.25) is 0 Å². The Morgan fingerprint density at radius 2 is 2.04 bits per heavy atom. The molecule has 0 saturated carbocycles. The lowest BCUT2D eigenvalue weighted by molar-refractivity contribution is -0.0639. The van der Waals surface area contributed by atoms with E-state index in [2.05, 4.69) is 10.4 Å². The third-order valence-electron chi connectivity index (χ3n) is 5.81. The molecule has 1 spiro atoms. The van der Waals surface area contributed by atoms with E-state index in [-0.39, 0.29) is 17.6 Å². The molecule has 3 heterocycles. The van der Waals surface area contributed by atoms with Crippen LogP contribution in [0.4, 0.5) is 0 Å². The Morgan fingerprint density at radius 3 is 2.74 bits per heavy atom. The van der Waals surface area contributed by atoms with Crippen LogP contribution in [0.2, 0.25) is 0 Å². The second-order valence-electron chi connectivity index (χ2n) is 7.53. The van der Waals surface area contributed by atoms with E-state index in [1.54, 1.807) is 0 Å². The number of aryl methyl sites for hydroxylation is 2. The van der Waals surface area contributed by atoms with Gasteiger partial charge < -0.3 is 14.8 Å². The highest BCUT2D eigenvalue weighted by atomic mass is 16.5. The highest BCUT2D eigenvalue weighted by Gasteiger charge is 2.42. The number of rotatable bonds is 3. The first kappa shape index (κ1) is 18.0. The number of hydrogen-bond donors (Lipinski definition) is 1. The number of aromatic nitrogens is 2. The molecule has 1 amide bonds. The summed E-state index contributed by atoms with van der Waals surface area (Å²) in [5, 5.41) is 7.75. The summed E-state index contributed by atoms with van der Waals surface area (Å²) in [6.07, 6.45) is 2.46. The number of fused-ring (bicyclic) bond motifs is 1. The summed E-state index contributed by atoms with van der Waals surface area (Å²) in [5.74, 6) is 0.808. The zero-order valence-corrected chi connectivity index (χ0v) is 16.2. The minimum atomic E-state index is -0.262. The van der Waals surface area contributed by atoms with Crippen LogP contribution in [0.5, 0.6) is 5.75 Å². The molecule has 1 N–H and O–H groups in total. The van der Waals surface area contributed by atoms with E-state index in [9.17, 15) is 4.79 Å². The average molecular weight is 369 g/mol. The van der Waals surface area contributed by atoms with Crippen molar-refractivity contribution >= 4 is 5.91 Å². The van der Waals surface area contributed by atoms with E-state index >= 15 is 0 Å². The number of carbonyl (C=O) groups excluding carboxylic acids is 1. The zero-order valence-electron chi connectivity index (χ0n) is 16.2. The number of para-hydroxylation sites is 1. The lowest BCUT2D eigenvalue weighted by Crippen LogP contribution is -2.48. The summed E-state index contributed by atoms with van der Waals surface area (Å²) in [6, 6.07) is 7.94. The van der Waals surface area contributed by atoms with Crippen molar-refractivity contribution in [3.8, 4) is 5.75 Å². The molecule has 2 aliphatic heterocycles. The summed E-state index contributed by atoms with van der Waals surface area (Å²) in [5.41, 5.74) is 3.15. The predicted molar refractivity (Wildman–Crippen MR) is 102 cm³/mol. The molecule has 144 valence electrons. The fourth-order valence-corrected chi connectivity index (χ4v) is 4.36. The number of ether oxygens (including phenoxy) is 2. The van der Waals surface area contributed by atoms with Gasteiger partial charge in [-0.25, -0.2) is 0 Å². The molecule has 1 fully saturated rings. The standard InChI is InChI=1S/C21H27N3O3/c1-4-24-15(3)19(14(2)23-24)20(25)22-17-13-21(9-11-26-12-10-21)27-18-8-6-5-7-16(17)18/h5-8,17H,4,9-13H2,1-3H3,(H,22,25)/t17-/m0/s1. The maximum Gasteiger partial charge on any atom is 0.255 e. The Morgan fingerprint density at radius 1 is 1.30 bits per heavy atom. The number of nitrogens with zero attached hydrogens (tertiary/aromatic N) is 2. The number of carbonyl (C=O) groups is 1. The first-order chi connectivity index (χ1) is 13.0. The molecular formula is C21H27N3O3. The molecule has 0 radical (unpaired) electrons. The number of nitrogens with one attached hydrogen (secondary N) is 1. The molecule has 1 aromatic carbocycles. The van der Waals surface area contributed by atoms with Gasteiger partial charge in [0, 0.05) is 37.1 Å². The van der Waals surface area contributed by atoms with Crippen LogP contribution in [0.25, 0.3) is 0 Å². The van der Waals surface area contributed by atoms with Crippen molar-refractivity contribution in [2.24, 2.45) is 0 Å². The Balaban J connectivity index is 1.64. The van der Waals surface area contributed by atoms with Crippen molar-refractivity contribution in [2.75, 3.05) is 13.2 Å². The number of hydrogen-bond acceptors (Lipinski definition) is 4. The summed E-state index contributed by atoms with van der Waals surface area (Å²) in [7, 11) is 0. The smallest absolute Gasteiger partial charge is 0.255 e. The highest BCUT2D eigenvalue weighted by molar-refractivity contribution is 5.96. The van der Waals surface area contributed by atoms with Crippen LogP contribution in [0.15, 0.2) is 24.3 Å². The quantitative estimate of drug-likeness (QED) is 0.901. The van der Waals surface area contributed by atoms with Gasteiger partial charge >= 0.3 is 0 Å². The first-order valence-electron chi connectivity index (χ1n) is 9.73. The Hall–Kier alpha value is -2.34. The normalized spacial score (nSPS) is 20.8. The van der Waals surface area contributed by atoms with Gasteiger partial charge in [-0.15, -0.1) is 0 Å². The number of benzene rings is 1. The van der Waals surface area contributed by atoms with Gasteiger partial charge in [0.05, 0.1) is 30.5 Å². The largest absolute Gasteiger partial charge is 0.487 e. The van der Waals surface area contributed by atoms with Crippen molar-refractivity contribution in [2.45, 2.75) is 58.2 Å². The molecule has 4 rings (SSSR count). The highest BCUT2D eigenvalue weighted by Crippen LogP contribution is 2.44. The van der Waals surface area contributed by atoms with E-state index in [4.69, 9.17) is 9.47 Å². The molecule has 2 aromatic rings. The molecule has 6 nitrogen and oxygen atoms in total. The van der Waals surface area contributed by atoms with E-state index in [1.807, 2.05) is 49.7 Å². The van der Waals surface area contributed by atoms with E-state index in [1.165, 1.54) is 0 Å². The molecule has 0 unspecified atom stereocenters. The van der Waals surface area contributed by atoms with Crippen molar-refractivity contribution < 1.29 is 14.3 Å². The predicted octanol–water partition coefficient (Wildman–Crippen LogP) is 3.32. The lowest BCUT2D eigenvalue weighted by atomic mass is 9.82. The summed E-state index contributed by atoms with van der Waals surface area (Å²) >= 11 is 0. The topological polar surface area (TPSA) is 65.4 Å². The maximum atomic E-state index is 13.1. The van der Waals surface area contributed by atoms with Crippen molar-refractivity contribution in [1.29, 1.82) is 0 Å². The van der Waals surface area contributed by atoms with Crippen LogP contribution in [0, 0.1) is 13.8 Å². The summed E-state index contributed by atoms with van der Waals surface area (Å²) in [6.45, 7) is 8.03. The third-order valence-corrected chi connectivity index (χ3v) is 5.81. The Labute approximate surface area is 159 Å². The second-order valence-corrected chi connectivity index (χ2v) is 7.53. The van der Waals surface area contributed by atoms with Gasteiger partial charge in [0.25, 0.3) is 5.91 Å². The van der Waals surface area contributed by atoms with Gasteiger partial charge in [-0.1, -0.05) is 18.2 Å². The van der Waals surface area contributed by atoms with Gasteiger partial charge in [-0.05, 0) is 26.8 Å². The van der Waals surface area contributed by atoms with E-state index in [0.717, 1.165) is 48.5 Å². The van der Waals surface area contributed by atoms with Crippen LogP contribution in [-0.2, 0) is 11.3 Å². The monoisotopic (exact) mass is 369 g/mol. The Bertz CT molecular complexity index is 852. The van der Waals surface area contributed by atoms with Crippen molar-refractivity contribution in [1.82, 2.24) is 15.1 Å². The van der Waals surface area contributed by atoms with Crippen LogP contribution >= 0.6 is 0 Å². The van der Waals surface area contributed by atoms with Gasteiger partial charge in [0.1, 0.15) is 11.4 Å². The Kier molecular flexibility index (Phi) is 4.68. The fraction of sp³-hybridized carbons (Fsp3) is 0.524. The first-order valence-corrected chi connectivity index (χ1v) is 9.73. The van der Waals surface area contributed by atoms with Gasteiger partial charge in [-0.2, -0.15) is 5.10 Å². The van der Waals surface area contributed by atoms with Crippen LogP contribution in [0.3, 0.4) is 0 Å². The molecule has 1 atom stereocenters. The SMILES string of the molecule is CCn1nc(C)c(C(=O)N[C@H]2CC3(CCOCC3)Oc3ccccc32)c1C. The van der Waals surface area contributed by atoms with Gasteiger partial charge in [0.15, 0.2) is 0 Å². The molecule has 0 aliphatic carbocycles. The molecular weight excluding hydrogens is 342 g/mol.